The highest BCUT2D eigenvalue weighted by Gasteiger charge is 2.57. The van der Waals surface area contributed by atoms with Crippen LogP contribution in [0, 0.1) is 5.92 Å². The molecule has 0 spiro atoms. The van der Waals surface area contributed by atoms with Gasteiger partial charge in [-0.15, -0.1) is 0 Å². The van der Waals surface area contributed by atoms with E-state index in [0.29, 0.717) is 13.0 Å². The Labute approximate surface area is 195 Å². The smallest absolute Gasteiger partial charge is 0.121 e. The van der Waals surface area contributed by atoms with Crippen molar-refractivity contribution in [1.29, 1.82) is 0 Å². The van der Waals surface area contributed by atoms with Crippen LogP contribution in [0.25, 0.3) is 10.9 Å². The fraction of sp³-hybridized carbons (Fsp3) is 0.464. The van der Waals surface area contributed by atoms with Gasteiger partial charge in [0.1, 0.15) is 11.5 Å². The molecule has 3 aromatic rings. The van der Waals surface area contributed by atoms with Gasteiger partial charge in [-0.2, -0.15) is 0 Å². The summed E-state index contributed by atoms with van der Waals surface area (Å²) in [7, 11) is 3.39. The first-order valence-corrected chi connectivity index (χ1v) is 12.1. The Morgan fingerprint density at radius 2 is 1.85 bits per heavy atom. The van der Waals surface area contributed by atoms with E-state index in [0.717, 1.165) is 65.5 Å². The van der Waals surface area contributed by atoms with E-state index in [4.69, 9.17) is 14.5 Å². The minimum absolute atomic E-state index is 0.381. The molecule has 0 bridgehead atoms. The van der Waals surface area contributed by atoms with Crippen molar-refractivity contribution < 1.29 is 14.6 Å². The van der Waals surface area contributed by atoms with Crippen molar-refractivity contribution in [3.63, 3.8) is 0 Å². The number of ether oxygens (including phenoxy) is 2. The highest BCUT2D eigenvalue weighted by molar-refractivity contribution is 5.81. The molecule has 0 radical (unpaired) electrons. The number of methoxy groups -OCH3 is 2. The monoisotopic (exact) mass is 444 g/mol. The predicted molar refractivity (Wildman–Crippen MR) is 129 cm³/mol. The third-order valence-electron chi connectivity index (χ3n) is 8.21. The number of nitrogens with zero attached hydrogens (tertiary/aromatic N) is 2. The molecule has 2 heterocycles. The number of rotatable bonds is 5. The van der Waals surface area contributed by atoms with Crippen LogP contribution in [-0.2, 0) is 18.3 Å². The van der Waals surface area contributed by atoms with Gasteiger partial charge in [-0.1, -0.05) is 12.1 Å². The highest BCUT2D eigenvalue weighted by atomic mass is 16.5. The lowest BCUT2D eigenvalue weighted by molar-refractivity contribution is -0.104. The molecule has 1 aromatic heterocycles. The number of hydrogen-bond donors (Lipinski definition) is 1. The second-order valence-corrected chi connectivity index (χ2v) is 10.3. The lowest BCUT2D eigenvalue weighted by Gasteiger charge is -2.56. The molecule has 5 heteroatoms. The number of hydrogen-bond acceptors (Lipinski definition) is 5. The molecule has 1 saturated heterocycles. The number of β-amino-alcohol motifs (C(OH)–C–C–N with tert-alkyl or cyclic N) is 1. The number of benzene rings is 2. The Hall–Kier alpha value is -2.63. The van der Waals surface area contributed by atoms with Crippen molar-refractivity contribution in [3.8, 4) is 11.5 Å². The normalized spacial score (nSPS) is 27.1. The van der Waals surface area contributed by atoms with Crippen LogP contribution in [0.5, 0.6) is 11.5 Å². The summed E-state index contributed by atoms with van der Waals surface area (Å²) in [6.07, 6.45) is 4.93. The number of pyridine rings is 1. The van der Waals surface area contributed by atoms with E-state index in [1.807, 2.05) is 24.3 Å². The van der Waals surface area contributed by atoms with Crippen LogP contribution in [0.3, 0.4) is 0 Å². The van der Waals surface area contributed by atoms with Crippen LogP contribution in [0.2, 0.25) is 0 Å². The van der Waals surface area contributed by atoms with Gasteiger partial charge in [0.25, 0.3) is 0 Å². The molecule has 3 aliphatic rings. The van der Waals surface area contributed by atoms with Gasteiger partial charge in [-0.25, -0.2) is 0 Å². The van der Waals surface area contributed by atoms with Crippen LogP contribution in [-0.4, -0.2) is 54.4 Å². The largest absolute Gasteiger partial charge is 0.497 e. The highest BCUT2D eigenvalue weighted by Crippen LogP contribution is 2.51. The van der Waals surface area contributed by atoms with Crippen LogP contribution >= 0.6 is 0 Å². The number of piperidine rings is 1. The summed E-state index contributed by atoms with van der Waals surface area (Å²) in [6.45, 7) is 2.83. The Bertz CT molecular complexity index is 1210. The predicted octanol–water partition coefficient (Wildman–Crippen LogP) is 4.14. The fourth-order valence-corrected chi connectivity index (χ4v) is 6.18. The summed E-state index contributed by atoms with van der Waals surface area (Å²) in [4.78, 5) is 7.60. The third-order valence-corrected chi connectivity index (χ3v) is 8.21. The minimum atomic E-state index is -0.846. The molecule has 2 fully saturated rings. The molecule has 2 atom stereocenters. The molecule has 2 aliphatic carbocycles. The van der Waals surface area contributed by atoms with Gasteiger partial charge >= 0.3 is 0 Å². The zero-order valence-electron chi connectivity index (χ0n) is 19.5. The summed E-state index contributed by atoms with van der Waals surface area (Å²) in [5.74, 6) is 2.47. The van der Waals surface area contributed by atoms with Gasteiger partial charge in [-0.05, 0) is 73.2 Å². The van der Waals surface area contributed by atoms with Gasteiger partial charge in [-0.3, -0.25) is 4.98 Å². The number of aromatic nitrogens is 1. The van der Waals surface area contributed by atoms with Crippen LogP contribution in [0.1, 0.15) is 36.1 Å². The maximum atomic E-state index is 12.4. The molecule has 5 nitrogen and oxygen atoms in total. The van der Waals surface area contributed by atoms with E-state index in [-0.39, 0.29) is 5.41 Å². The molecule has 172 valence electrons. The lowest BCUT2D eigenvalue weighted by Crippen LogP contribution is -2.66. The Kier molecular flexibility index (Phi) is 4.89. The Balaban J connectivity index is 1.47. The van der Waals surface area contributed by atoms with Gasteiger partial charge in [0.2, 0.25) is 0 Å². The molecule has 6 rings (SSSR count). The molecular formula is C28H32N2O3. The van der Waals surface area contributed by atoms with Crippen molar-refractivity contribution in [1.82, 2.24) is 9.88 Å². The fourth-order valence-electron chi connectivity index (χ4n) is 6.18. The first-order chi connectivity index (χ1) is 16.0. The van der Waals surface area contributed by atoms with Crippen LogP contribution < -0.4 is 9.47 Å². The van der Waals surface area contributed by atoms with Crippen LogP contribution in [0.15, 0.2) is 48.5 Å². The van der Waals surface area contributed by atoms with E-state index >= 15 is 0 Å². The molecule has 1 aliphatic heterocycles. The van der Waals surface area contributed by atoms with Gasteiger partial charge < -0.3 is 19.5 Å². The van der Waals surface area contributed by atoms with E-state index in [2.05, 4.69) is 29.2 Å². The number of fused-ring (bicyclic) bond motifs is 3. The summed E-state index contributed by atoms with van der Waals surface area (Å²) >= 11 is 0. The maximum absolute atomic E-state index is 12.4. The Morgan fingerprint density at radius 3 is 2.64 bits per heavy atom. The van der Waals surface area contributed by atoms with Gasteiger partial charge in [0.05, 0.1) is 25.3 Å². The molecule has 0 amide bonds. The number of likely N-dealkylation sites (tertiary alicyclic amines) is 1. The van der Waals surface area contributed by atoms with Crippen molar-refractivity contribution in [3.05, 3.63) is 65.4 Å². The SMILES string of the molecule is COc1cccc([C@@]23CCN(CC4CC4)C[C@@]2(O)Cc2cc4ccc(OC)cc4nc2C3)c1. The maximum Gasteiger partial charge on any atom is 0.121 e. The topological polar surface area (TPSA) is 54.8 Å². The molecule has 33 heavy (non-hydrogen) atoms. The molecule has 0 unspecified atom stereocenters. The van der Waals surface area contributed by atoms with Crippen molar-refractivity contribution in [2.75, 3.05) is 33.9 Å². The Morgan fingerprint density at radius 1 is 1.03 bits per heavy atom. The molecule has 1 saturated carbocycles. The van der Waals surface area contributed by atoms with Crippen molar-refractivity contribution in [2.24, 2.45) is 5.92 Å². The third kappa shape index (κ3) is 3.49. The molecule has 1 N–H and O–H groups in total. The minimum Gasteiger partial charge on any atom is -0.497 e. The van der Waals surface area contributed by atoms with E-state index in [1.165, 1.54) is 18.4 Å². The second kappa shape index (κ2) is 7.71. The second-order valence-electron chi connectivity index (χ2n) is 10.3. The average Bonchev–Trinajstić information content (AvgIpc) is 3.64. The van der Waals surface area contributed by atoms with Gasteiger partial charge in [0.15, 0.2) is 0 Å². The lowest BCUT2D eigenvalue weighted by atomic mass is 9.56. The summed E-state index contributed by atoms with van der Waals surface area (Å²) in [6, 6.07) is 16.6. The summed E-state index contributed by atoms with van der Waals surface area (Å²) in [5, 5.41) is 13.5. The summed E-state index contributed by atoms with van der Waals surface area (Å²) < 4.78 is 11.0. The summed E-state index contributed by atoms with van der Waals surface area (Å²) in [5.41, 5.74) is 3.15. The first kappa shape index (κ1) is 20.9. The number of aliphatic hydroxyl groups is 1. The van der Waals surface area contributed by atoms with Crippen LogP contribution in [0.4, 0.5) is 0 Å². The quantitative estimate of drug-likeness (QED) is 0.641. The average molecular weight is 445 g/mol. The standard InChI is InChI=1S/C28H32N2O3/c1-32-23-5-3-4-22(13-23)27-10-11-30(17-19-6-7-19)18-28(27,31)15-21-12-20-8-9-24(33-2)14-25(20)29-26(21)16-27/h3-5,8-9,12-14,19,31H,6-7,10-11,15-18H2,1-2H3/t27-,28-/m0/s1. The molecular weight excluding hydrogens is 412 g/mol. The van der Waals surface area contributed by atoms with Crippen molar-refractivity contribution >= 4 is 10.9 Å². The zero-order chi connectivity index (χ0) is 22.6. The molecule has 2 aromatic carbocycles. The van der Waals surface area contributed by atoms with Crippen molar-refractivity contribution in [2.45, 2.75) is 43.1 Å². The van der Waals surface area contributed by atoms with Gasteiger partial charge in [0, 0.05) is 48.5 Å². The van der Waals surface area contributed by atoms with E-state index < -0.39 is 5.60 Å². The van der Waals surface area contributed by atoms with E-state index in [9.17, 15) is 5.11 Å². The van der Waals surface area contributed by atoms with E-state index in [1.54, 1.807) is 14.2 Å². The zero-order valence-corrected chi connectivity index (χ0v) is 19.5. The first-order valence-electron chi connectivity index (χ1n) is 12.1.